The number of benzene rings is 1. The Labute approximate surface area is 114 Å². The van der Waals surface area contributed by atoms with E-state index in [1.807, 2.05) is 0 Å². The SMILES string of the molecule is N[C@@H](Cc1c[nH]c2cccc(CP(=O)(O)O)c12)C(=O)O. The van der Waals surface area contributed by atoms with E-state index in [4.69, 9.17) is 20.6 Å². The van der Waals surface area contributed by atoms with Crippen molar-refractivity contribution in [2.24, 2.45) is 5.73 Å². The first-order valence-corrected chi connectivity index (χ1v) is 7.68. The number of nitrogens with two attached hydrogens (primary N) is 1. The second-order valence-electron chi connectivity index (χ2n) is 4.63. The number of rotatable bonds is 5. The van der Waals surface area contributed by atoms with E-state index in [2.05, 4.69) is 4.98 Å². The molecule has 6 N–H and O–H groups in total. The summed E-state index contributed by atoms with van der Waals surface area (Å²) in [5.41, 5.74) is 7.32. The average molecular weight is 298 g/mol. The standard InChI is InChI=1S/C12H15N2O5P/c13-9(12(15)16)4-8-5-14-10-3-1-2-7(11(8)10)6-20(17,18)19/h1-3,5,9,14H,4,6,13H2,(H,15,16)(H2,17,18,19)/t9-/m0/s1. The van der Waals surface area contributed by atoms with Gasteiger partial charge in [0, 0.05) is 23.5 Å². The average Bonchev–Trinajstić information content (AvgIpc) is 2.71. The van der Waals surface area contributed by atoms with Crippen molar-refractivity contribution in [1.29, 1.82) is 0 Å². The highest BCUT2D eigenvalue weighted by Gasteiger charge is 2.20. The maximum Gasteiger partial charge on any atom is 0.329 e. The summed E-state index contributed by atoms with van der Waals surface area (Å²) >= 11 is 0. The molecule has 1 aromatic heterocycles. The molecule has 1 heterocycles. The molecule has 0 aliphatic rings. The van der Waals surface area contributed by atoms with Crippen LogP contribution >= 0.6 is 7.60 Å². The number of aromatic amines is 1. The van der Waals surface area contributed by atoms with Crippen molar-refractivity contribution in [2.75, 3.05) is 0 Å². The molecule has 7 nitrogen and oxygen atoms in total. The van der Waals surface area contributed by atoms with Crippen LogP contribution in [-0.2, 0) is 21.9 Å². The van der Waals surface area contributed by atoms with Gasteiger partial charge in [0.1, 0.15) is 6.04 Å². The van der Waals surface area contributed by atoms with E-state index in [-0.39, 0.29) is 6.42 Å². The molecule has 1 aromatic carbocycles. The Morgan fingerprint density at radius 1 is 1.35 bits per heavy atom. The summed E-state index contributed by atoms with van der Waals surface area (Å²) in [7, 11) is -4.20. The van der Waals surface area contributed by atoms with Gasteiger partial charge in [-0.05, 0) is 17.2 Å². The van der Waals surface area contributed by atoms with Gasteiger partial charge in [0.25, 0.3) is 0 Å². The molecule has 0 aliphatic carbocycles. The van der Waals surface area contributed by atoms with E-state index >= 15 is 0 Å². The minimum Gasteiger partial charge on any atom is -0.480 e. The fourth-order valence-electron chi connectivity index (χ4n) is 2.18. The fraction of sp³-hybridized carbons (Fsp3) is 0.250. The molecule has 8 heteroatoms. The molecule has 0 saturated carbocycles. The van der Waals surface area contributed by atoms with Crippen molar-refractivity contribution >= 4 is 24.5 Å². The third kappa shape index (κ3) is 3.26. The Kier molecular flexibility index (Phi) is 3.96. The Morgan fingerprint density at radius 3 is 2.65 bits per heavy atom. The van der Waals surface area contributed by atoms with Gasteiger partial charge in [-0.3, -0.25) is 9.36 Å². The molecule has 20 heavy (non-hydrogen) atoms. The monoisotopic (exact) mass is 298 g/mol. The van der Waals surface area contributed by atoms with Crippen LogP contribution in [0.15, 0.2) is 24.4 Å². The van der Waals surface area contributed by atoms with Gasteiger partial charge in [-0.25, -0.2) is 0 Å². The molecule has 1 atom stereocenters. The molecule has 0 radical (unpaired) electrons. The summed E-state index contributed by atoms with van der Waals surface area (Å²) in [5.74, 6) is -1.12. The van der Waals surface area contributed by atoms with Crippen LogP contribution in [0.3, 0.4) is 0 Å². The highest BCUT2D eigenvalue weighted by atomic mass is 31.2. The lowest BCUT2D eigenvalue weighted by molar-refractivity contribution is -0.138. The number of carboxylic acids is 1. The molecular weight excluding hydrogens is 283 g/mol. The second-order valence-corrected chi connectivity index (χ2v) is 6.27. The number of aromatic nitrogens is 1. The Bertz CT molecular complexity index is 690. The molecule has 0 fully saturated rings. The Balaban J connectivity index is 2.46. The van der Waals surface area contributed by atoms with Crippen LogP contribution in [0.5, 0.6) is 0 Å². The molecule has 0 aliphatic heterocycles. The molecule has 0 saturated heterocycles. The van der Waals surface area contributed by atoms with Crippen LogP contribution in [-0.4, -0.2) is 31.9 Å². The van der Waals surface area contributed by atoms with Crippen molar-refractivity contribution in [1.82, 2.24) is 4.98 Å². The number of hydrogen-bond acceptors (Lipinski definition) is 3. The van der Waals surface area contributed by atoms with Gasteiger partial charge in [-0.1, -0.05) is 12.1 Å². The number of aliphatic carboxylic acids is 1. The van der Waals surface area contributed by atoms with Crippen LogP contribution in [0.4, 0.5) is 0 Å². The molecular formula is C12H15N2O5P. The van der Waals surface area contributed by atoms with Crippen molar-refractivity contribution in [3.05, 3.63) is 35.5 Å². The highest BCUT2D eigenvalue weighted by molar-refractivity contribution is 7.50. The van der Waals surface area contributed by atoms with Crippen molar-refractivity contribution in [3.8, 4) is 0 Å². The van der Waals surface area contributed by atoms with E-state index in [1.54, 1.807) is 24.4 Å². The predicted molar refractivity (Wildman–Crippen MR) is 73.4 cm³/mol. The van der Waals surface area contributed by atoms with Crippen molar-refractivity contribution in [3.63, 3.8) is 0 Å². The number of carboxylic acid groups (broad SMARTS) is 1. The lowest BCUT2D eigenvalue weighted by atomic mass is 10.0. The van der Waals surface area contributed by atoms with E-state index in [0.29, 0.717) is 22.0 Å². The quantitative estimate of drug-likeness (QED) is 0.518. The molecule has 0 amide bonds. The summed E-state index contributed by atoms with van der Waals surface area (Å²) in [5, 5.41) is 9.48. The number of nitrogens with one attached hydrogen (secondary N) is 1. The maximum absolute atomic E-state index is 11.2. The third-order valence-corrected chi connectivity index (χ3v) is 3.76. The van der Waals surface area contributed by atoms with Crippen LogP contribution in [0.1, 0.15) is 11.1 Å². The number of fused-ring (bicyclic) bond motifs is 1. The lowest BCUT2D eigenvalue weighted by Crippen LogP contribution is -2.32. The summed E-state index contributed by atoms with van der Waals surface area (Å²) < 4.78 is 11.2. The smallest absolute Gasteiger partial charge is 0.329 e. The summed E-state index contributed by atoms with van der Waals surface area (Å²) in [4.78, 5) is 32.0. The Morgan fingerprint density at radius 2 is 2.05 bits per heavy atom. The van der Waals surface area contributed by atoms with Crippen LogP contribution in [0.2, 0.25) is 0 Å². The minimum atomic E-state index is -4.20. The molecule has 0 bridgehead atoms. The Hall–Kier alpha value is -1.66. The first kappa shape index (κ1) is 14.7. The zero-order chi connectivity index (χ0) is 14.9. The van der Waals surface area contributed by atoms with Gasteiger partial charge in [0.15, 0.2) is 0 Å². The van der Waals surface area contributed by atoms with E-state index < -0.39 is 25.8 Å². The van der Waals surface area contributed by atoms with Crippen molar-refractivity contribution < 1.29 is 24.3 Å². The third-order valence-electron chi connectivity index (χ3n) is 3.01. The summed E-state index contributed by atoms with van der Waals surface area (Å²) in [6.07, 6.45) is 1.32. The normalized spacial score (nSPS) is 13.6. The molecule has 0 unspecified atom stereocenters. The molecule has 0 spiro atoms. The maximum atomic E-state index is 11.2. The number of hydrogen-bond donors (Lipinski definition) is 5. The second kappa shape index (κ2) is 5.38. The van der Waals surface area contributed by atoms with Gasteiger partial charge < -0.3 is 25.6 Å². The van der Waals surface area contributed by atoms with Crippen LogP contribution in [0, 0.1) is 0 Å². The lowest BCUT2D eigenvalue weighted by Gasteiger charge is -2.09. The largest absolute Gasteiger partial charge is 0.480 e. The first-order chi connectivity index (χ1) is 9.28. The number of H-pyrrole nitrogens is 1. The van der Waals surface area contributed by atoms with Gasteiger partial charge >= 0.3 is 13.6 Å². The fourth-order valence-corrected chi connectivity index (χ4v) is 2.88. The molecule has 2 aromatic rings. The van der Waals surface area contributed by atoms with Gasteiger partial charge in [0.2, 0.25) is 0 Å². The van der Waals surface area contributed by atoms with Crippen LogP contribution in [0.25, 0.3) is 10.9 Å². The van der Waals surface area contributed by atoms with E-state index in [0.717, 1.165) is 0 Å². The van der Waals surface area contributed by atoms with Gasteiger partial charge in [-0.15, -0.1) is 0 Å². The van der Waals surface area contributed by atoms with Gasteiger partial charge in [-0.2, -0.15) is 0 Å². The highest BCUT2D eigenvalue weighted by Crippen LogP contribution is 2.41. The first-order valence-electron chi connectivity index (χ1n) is 5.89. The molecule has 2 rings (SSSR count). The minimum absolute atomic E-state index is 0.0908. The van der Waals surface area contributed by atoms with Gasteiger partial charge in [0.05, 0.1) is 6.16 Å². The topological polar surface area (TPSA) is 137 Å². The predicted octanol–water partition coefficient (Wildman–Crippen LogP) is 0.800. The van der Waals surface area contributed by atoms with E-state index in [9.17, 15) is 9.36 Å². The summed E-state index contributed by atoms with van der Waals surface area (Å²) in [6, 6.07) is 4.00. The number of carbonyl (C=O) groups is 1. The van der Waals surface area contributed by atoms with Crippen molar-refractivity contribution in [2.45, 2.75) is 18.6 Å². The summed E-state index contributed by atoms with van der Waals surface area (Å²) in [6.45, 7) is 0. The molecule has 108 valence electrons. The zero-order valence-corrected chi connectivity index (χ0v) is 11.4. The zero-order valence-electron chi connectivity index (χ0n) is 10.5. The van der Waals surface area contributed by atoms with Crippen LogP contribution < -0.4 is 5.73 Å². The van der Waals surface area contributed by atoms with E-state index in [1.165, 1.54) is 0 Å².